The Morgan fingerprint density at radius 1 is 0.917 bits per heavy atom. The number of nitrogens with one attached hydrogen (secondary N) is 2. The summed E-state index contributed by atoms with van der Waals surface area (Å²) in [6.07, 6.45) is 0.213. The molecule has 0 radical (unpaired) electrons. The van der Waals surface area contributed by atoms with Crippen molar-refractivity contribution in [2.75, 3.05) is 28.2 Å². The number of quaternary nitrogens is 2. The molecular formula is C9H24N2O+2. The van der Waals surface area contributed by atoms with Crippen molar-refractivity contribution in [2.24, 2.45) is 0 Å². The summed E-state index contributed by atoms with van der Waals surface area (Å²) in [5.74, 6) is 0. The monoisotopic (exact) mass is 176 g/mol. The van der Waals surface area contributed by atoms with Crippen LogP contribution in [0.1, 0.15) is 20.8 Å². The minimum absolute atomic E-state index is 0.0563. The molecular weight excluding hydrogens is 152 g/mol. The molecule has 0 atom stereocenters. The summed E-state index contributed by atoms with van der Waals surface area (Å²) in [5.41, 5.74) is -0.0563. The maximum absolute atomic E-state index is 5.89. The summed E-state index contributed by atoms with van der Waals surface area (Å²) in [6, 6.07) is 0. The van der Waals surface area contributed by atoms with Crippen LogP contribution in [0.15, 0.2) is 0 Å². The lowest BCUT2D eigenvalue weighted by atomic mass is 10.2. The lowest BCUT2D eigenvalue weighted by molar-refractivity contribution is -1.12. The highest BCUT2D eigenvalue weighted by atomic mass is 16.5. The van der Waals surface area contributed by atoms with Crippen molar-refractivity contribution >= 4 is 0 Å². The minimum Gasteiger partial charge on any atom is -0.276 e. The molecule has 0 saturated carbocycles. The summed E-state index contributed by atoms with van der Waals surface area (Å²) >= 11 is 0. The average molecular weight is 176 g/mol. The minimum atomic E-state index is -0.0563. The zero-order valence-electron chi connectivity index (χ0n) is 9.49. The second kappa shape index (κ2) is 4.21. The fourth-order valence-electron chi connectivity index (χ4n) is 1.17. The molecule has 74 valence electrons. The molecule has 0 amide bonds. The van der Waals surface area contributed by atoms with Gasteiger partial charge in [-0.15, -0.1) is 0 Å². The van der Waals surface area contributed by atoms with Crippen LogP contribution in [0.3, 0.4) is 0 Å². The molecule has 0 aliphatic heterocycles. The lowest BCUT2D eigenvalue weighted by Crippen LogP contribution is -3.32. The predicted octanol–water partition coefficient (Wildman–Crippen LogP) is -1.63. The highest BCUT2D eigenvalue weighted by Gasteiger charge is 2.27. The van der Waals surface area contributed by atoms with Gasteiger partial charge in [0.05, 0.1) is 33.8 Å². The van der Waals surface area contributed by atoms with Crippen molar-refractivity contribution in [1.82, 2.24) is 0 Å². The molecule has 0 bridgehead atoms. The lowest BCUT2D eigenvalue weighted by Gasteiger charge is -2.30. The van der Waals surface area contributed by atoms with Crippen molar-refractivity contribution in [3.63, 3.8) is 0 Å². The van der Waals surface area contributed by atoms with Crippen LogP contribution in [0.25, 0.3) is 0 Å². The van der Waals surface area contributed by atoms with Gasteiger partial charge < -0.3 is 0 Å². The SMILES string of the molecule is C[NH+](C)C(OC(C)(C)C)[NH+](C)C. The van der Waals surface area contributed by atoms with E-state index in [0.717, 1.165) is 0 Å². The van der Waals surface area contributed by atoms with Crippen LogP contribution >= 0.6 is 0 Å². The first kappa shape index (κ1) is 11.9. The van der Waals surface area contributed by atoms with Gasteiger partial charge in [0.15, 0.2) is 0 Å². The largest absolute Gasteiger partial charge is 0.329 e. The van der Waals surface area contributed by atoms with E-state index in [9.17, 15) is 0 Å². The van der Waals surface area contributed by atoms with E-state index in [0.29, 0.717) is 0 Å². The molecule has 0 rings (SSSR count). The molecule has 2 N–H and O–H groups in total. The van der Waals surface area contributed by atoms with E-state index in [2.05, 4.69) is 49.0 Å². The zero-order valence-corrected chi connectivity index (χ0v) is 9.49. The predicted molar refractivity (Wildman–Crippen MR) is 50.2 cm³/mol. The smallest absolute Gasteiger partial charge is 0.276 e. The molecule has 0 spiro atoms. The fourth-order valence-corrected chi connectivity index (χ4v) is 1.17. The standard InChI is InChI=1S/C9H22N2O/c1-9(2,3)12-8(10(4)5)11(6)7/h8H,1-7H3/p+2. The van der Waals surface area contributed by atoms with E-state index >= 15 is 0 Å². The van der Waals surface area contributed by atoms with Gasteiger partial charge in [-0.05, 0) is 20.8 Å². The maximum atomic E-state index is 5.89. The van der Waals surface area contributed by atoms with Crippen LogP contribution in [0.2, 0.25) is 0 Å². The van der Waals surface area contributed by atoms with Gasteiger partial charge in [0, 0.05) is 0 Å². The Bertz CT molecular complexity index is 119. The Morgan fingerprint density at radius 3 is 1.33 bits per heavy atom. The molecule has 0 saturated heterocycles. The van der Waals surface area contributed by atoms with Gasteiger partial charge in [0.1, 0.15) is 0 Å². The Kier molecular flexibility index (Phi) is 4.17. The summed E-state index contributed by atoms with van der Waals surface area (Å²) in [5, 5.41) is 0. The van der Waals surface area contributed by atoms with Crippen molar-refractivity contribution < 1.29 is 14.5 Å². The number of rotatable bonds is 3. The summed E-state index contributed by atoms with van der Waals surface area (Å²) in [7, 11) is 8.46. The Morgan fingerprint density at radius 2 is 1.25 bits per heavy atom. The number of ether oxygens (including phenoxy) is 1. The van der Waals surface area contributed by atoms with E-state index in [1.807, 2.05) is 0 Å². The first-order valence-corrected chi connectivity index (χ1v) is 4.52. The molecule has 0 aliphatic carbocycles. The molecule has 0 aromatic heterocycles. The summed E-state index contributed by atoms with van der Waals surface area (Å²) < 4.78 is 5.89. The molecule has 3 heteroatoms. The Hall–Kier alpha value is -0.120. The number of hydrogen-bond acceptors (Lipinski definition) is 1. The summed E-state index contributed by atoms with van der Waals surface area (Å²) in [6.45, 7) is 6.27. The number of hydrogen-bond donors (Lipinski definition) is 2. The van der Waals surface area contributed by atoms with Gasteiger partial charge in [-0.1, -0.05) is 0 Å². The average Bonchev–Trinajstić information content (AvgIpc) is 1.79. The van der Waals surface area contributed by atoms with E-state index < -0.39 is 0 Å². The van der Waals surface area contributed by atoms with Crippen LogP contribution in [0.4, 0.5) is 0 Å². The van der Waals surface area contributed by atoms with E-state index in [4.69, 9.17) is 4.74 Å². The van der Waals surface area contributed by atoms with E-state index in [1.54, 1.807) is 0 Å². The highest BCUT2D eigenvalue weighted by Crippen LogP contribution is 2.05. The maximum Gasteiger partial charge on any atom is 0.329 e. The topological polar surface area (TPSA) is 18.1 Å². The normalized spacial score (nSPS) is 13.5. The van der Waals surface area contributed by atoms with Crippen molar-refractivity contribution in [3.8, 4) is 0 Å². The van der Waals surface area contributed by atoms with E-state index in [-0.39, 0.29) is 12.0 Å². The molecule has 0 heterocycles. The van der Waals surface area contributed by atoms with Crippen LogP contribution < -0.4 is 9.80 Å². The third-order valence-corrected chi connectivity index (χ3v) is 1.52. The highest BCUT2D eigenvalue weighted by molar-refractivity contribution is 4.56. The van der Waals surface area contributed by atoms with Gasteiger partial charge in [0.25, 0.3) is 0 Å². The Labute approximate surface area is 76.3 Å². The third kappa shape index (κ3) is 4.70. The Balaban J connectivity index is 4.15. The van der Waals surface area contributed by atoms with Crippen LogP contribution in [-0.4, -0.2) is 40.1 Å². The zero-order chi connectivity index (χ0) is 9.94. The molecule has 0 aromatic rings. The van der Waals surface area contributed by atoms with Crippen molar-refractivity contribution in [3.05, 3.63) is 0 Å². The van der Waals surface area contributed by atoms with Crippen molar-refractivity contribution in [1.29, 1.82) is 0 Å². The van der Waals surface area contributed by atoms with Crippen LogP contribution in [0, 0.1) is 0 Å². The first-order valence-electron chi connectivity index (χ1n) is 4.52. The van der Waals surface area contributed by atoms with Gasteiger partial charge in [-0.25, -0.2) is 0 Å². The van der Waals surface area contributed by atoms with Gasteiger partial charge in [0.2, 0.25) is 0 Å². The van der Waals surface area contributed by atoms with Crippen LogP contribution in [-0.2, 0) is 4.74 Å². The second-order valence-corrected chi connectivity index (χ2v) is 4.76. The molecule has 0 aliphatic rings. The van der Waals surface area contributed by atoms with Gasteiger partial charge in [-0.3, -0.25) is 14.5 Å². The van der Waals surface area contributed by atoms with Gasteiger partial charge >= 0.3 is 6.35 Å². The first-order chi connectivity index (χ1) is 5.24. The molecule has 3 nitrogen and oxygen atoms in total. The van der Waals surface area contributed by atoms with Gasteiger partial charge in [-0.2, -0.15) is 0 Å². The summed E-state index contributed by atoms with van der Waals surface area (Å²) in [4.78, 5) is 2.65. The molecule has 0 unspecified atom stereocenters. The van der Waals surface area contributed by atoms with Crippen LogP contribution in [0.5, 0.6) is 0 Å². The van der Waals surface area contributed by atoms with E-state index in [1.165, 1.54) is 9.80 Å². The fraction of sp³-hybridized carbons (Fsp3) is 1.00. The molecule has 12 heavy (non-hydrogen) atoms. The quantitative estimate of drug-likeness (QED) is 0.494. The second-order valence-electron chi connectivity index (χ2n) is 4.76. The molecule has 0 fully saturated rings. The molecule has 0 aromatic carbocycles. The third-order valence-electron chi connectivity index (χ3n) is 1.52. The van der Waals surface area contributed by atoms with Crippen molar-refractivity contribution in [2.45, 2.75) is 32.7 Å².